The van der Waals surface area contributed by atoms with E-state index >= 15 is 0 Å². The van der Waals surface area contributed by atoms with Gasteiger partial charge in [0.15, 0.2) is 11.5 Å². The van der Waals surface area contributed by atoms with Crippen molar-refractivity contribution in [2.45, 2.75) is 37.6 Å². The van der Waals surface area contributed by atoms with Gasteiger partial charge in [-0.05, 0) is 42.0 Å². The van der Waals surface area contributed by atoms with Crippen LogP contribution in [-0.4, -0.2) is 26.0 Å². The molecule has 23 heavy (non-hydrogen) atoms. The molecule has 0 unspecified atom stereocenters. The minimum absolute atomic E-state index is 0.409. The number of methoxy groups -OCH3 is 2. The second-order valence-electron chi connectivity index (χ2n) is 6.21. The van der Waals surface area contributed by atoms with Crippen LogP contribution in [0.1, 0.15) is 47.6 Å². The molecular formula is C19H21NO2S. The zero-order chi connectivity index (χ0) is 15.8. The molecule has 0 bridgehead atoms. The van der Waals surface area contributed by atoms with Gasteiger partial charge in [-0.25, -0.2) is 0 Å². The van der Waals surface area contributed by atoms with Crippen molar-refractivity contribution in [2.24, 2.45) is 4.99 Å². The average Bonchev–Trinajstić information content (AvgIpc) is 3.14. The number of rotatable bonds is 3. The molecule has 1 aliphatic carbocycles. The summed E-state index contributed by atoms with van der Waals surface area (Å²) in [5, 5.41) is 2.12. The second kappa shape index (κ2) is 6.00. The molecule has 3 nitrogen and oxygen atoms in total. The number of fused-ring (bicyclic) bond motifs is 3. The van der Waals surface area contributed by atoms with Crippen molar-refractivity contribution < 1.29 is 9.47 Å². The first-order valence-electron chi connectivity index (χ1n) is 8.19. The molecule has 1 aromatic carbocycles. The van der Waals surface area contributed by atoms with Crippen LogP contribution >= 0.6 is 11.3 Å². The van der Waals surface area contributed by atoms with Gasteiger partial charge in [0, 0.05) is 11.5 Å². The lowest BCUT2D eigenvalue weighted by atomic mass is 9.75. The van der Waals surface area contributed by atoms with Crippen LogP contribution in [0.15, 0.2) is 34.6 Å². The zero-order valence-corrected chi connectivity index (χ0v) is 14.4. The highest BCUT2D eigenvalue weighted by atomic mass is 32.1. The maximum Gasteiger partial charge on any atom is 0.161 e. The van der Waals surface area contributed by atoms with Gasteiger partial charge in [0.2, 0.25) is 0 Å². The topological polar surface area (TPSA) is 30.8 Å². The Labute approximate surface area is 141 Å². The Balaban J connectivity index is 1.91. The number of hydrogen-bond acceptors (Lipinski definition) is 4. The Morgan fingerprint density at radius 2 is 1.87 bits per heavy atom. The zero-order valence-electron chi connectivity index (χ0n) is 13.5. The van der Waals surface area contributed by atoms with Crippen molar-refractivity contribution in [3.05, 3.63) is 45.6 Å². The van der Waals surface area contributed by atoms with Crippen LogP contribution in [0.4, 0.5) is 0 Å². The third-order valence-corrected chi connectivity index (χ3v) is 5.87. The maximum atomic E-state index is 5.55. The van der Waals surface area contributed by atoms with E-state index in [1.54, 1.807) is 25.6 Å². The average molecular weight is 327 g/mol. The quantitative estimate of drug-likeness (QED) is 0.822. The predicted octanol–water partition coefficient (Wildman–Crippen LogP) is 4.64. The van der Waals surface area contributed by atoms with Gasteiger partial charge < -0.3 is 9.47 Å². The first kappa shape index (κ1) is 14.8. The summed E-state index contributed by atoms with van der Waals surface area (Å²) >= 11 is 1.75. The first-order chi connectivity index (χ1) is 11.3. The van der Waals surface area contributed by atoms with Crippen molar-refractivity contribution >= 4 is 17.0 Å². The summed E-state index contributed by atoms with van der Waals surface area (Å²) < 4.78 is 11.1. The molecule has 1 aliphatic heterocycles. The predicted molar refractivity (Wildman–Crippen MR) is 94.5 cm³/mol. The molecular weight excluding hydrogens is 306 g/mol. The molecule has 2 atom stereocenters. The van der Waals surface area contributed by atoms with Gasteiger partial charge >= 0.3 is 0 Å². The van der Waals surface area contributed by atoms with Gasteiger partial charge in [-0.1, -0.05) is 18.9 Å². The van der Waals surface area contributed by atoms with E-state index in [9.17, 15) is 0 Å². The molecule has 0 saturated heterocycles. The molecule has 2 aromatic rings. The van der Waals surface area contributed by atoms with Crippen molar-refractivity contribution in [1.29, 1.82) is 0 Å². The van der Waals surface area contributed by atoms with Gasteiger partial charge in [-0.3, -0.25) is 4.99 Å². The molecule has 1 fully saturated rings. The molecule has 4 rings (SSSR count). The number of thiophene rings is 1. The standard InChI is InChI=1S/C19H21NO2S/c1-21-16-10-13-12-6-3-4-7-15(12)20-19(18-8-5-9-23-18)14(13)11-17(16)22-2/h5,8-12,15H,3-4,6-7H2,1-2H3/t12-,15-/m1/s1. The summed E-state index contributed by atoms with van der Waals surface area (Å²) in [5.41, 5.74) is 3.72. The molecule has 1 saturated carbocycles. The van der Waals surface area contributed by atoms with Crippen molar-refractivity contribution in [2.75, 3.05) is 14.2 Å². The molecule has 0 N–H and O–H groups in total. The van der Waals surface area contributed by atoms with Crippen LogP contribution in [0, 0.1) is 0 Å². The van der Waals surface area contributed by atoms with Crippen molar-refractivity contribution in [1.82, 2.24) is 0 Å². The number of nitrogens with zero attached hydrogens (tertiary/aromatic N) is 1. The summed E-state index contributed by atoms with van der Waals surface area (Å²) in [6.07, 6.45) is 4.98. The van der Waals surface area contributed by atoms with E-state index in [1.807, 2.05) is 0 Å². The van der Waals surface area contributed by atoms with Gasteiger partial charge in [0.25, 0.3) is 0 Å². The minimum atomic E-state index is 0.409. The highest BCUT2D eigenvalue weighted by Gasteiger charge is 2.34. The Hall–Kier alpha value is -1.81. The van der Waals surface area contributed by atoms with Crippen LogP contribution in [0.5, 0.6) is 11.5 Å². The largest absolute Gasteiger partial charge is 0.493 e. The van der Waals surface area contributed by atoms with E-state index in [2.05, 4.69) is 29.6 Å². The van der Waals surface area contributed by atoms with E-state index in [-0.39, 0.29) is 0 Å². The van der Waals surface area contributed by atoms with E-state index in [0.29, 0.717) is 12.0 Å². The Kier molecular flexibility index (Phi) is 3.85. The maximum absolute atomic E-state index is 5.55. The summed E-state index contributed by atoms with van der Waals surface area (Å²) in [6.45, 7) is 0. The summed E-state index contributed by atoms with van der Waals surface area (Å²) in [7, 11) is 3.40. The smallest absolute Gasteiger partial charge is 0.161 e. The van der Waals surface area contributed by atoms with Crippen LogP contribution in [-0.2, 0) is 0 Å². The van der Waals surface area contributed by atoms with E-state index in [0.717, 1.165) is 17.2 Å². The minimum Gasteiger partial charge on any atom is -0.493 e. The van der Waals surface area contributed by atoms with E-state index in [4.69, 9.17) is 14.5 Å². The van der Waals surface area contributed by atoms with Gasteiger partial charge in [-0.15, -0.1) is 11.3 Å². The lowest BCUT2D eigenvalue weighted by Crippen LogP contribution is -2.29. The van der Waals surface area contributed by atoms with Crippen molar-refractivity contribution in [3.8, 4) is 11.5 Å². The fourth-order valence-electron chi connectivity index (χ4n) is 3.88. The molecule has 4 heteroatoms. The van der Waals surface area contributed by atoms with Gasteiger partial charge in [0.05, 0.1) is 30.9 Å². The Bertz CT molecular complexity index is 736. The third kappa shape index (κ3) is 2.45. The fourth-order valence-corrected chi connectivity index (χ4v) is 4.62. The molecule has 2 aliphatic rings. The van der Waals surface area contributed by atoms with Gasteiger partial charge in [0.1, 0.15) is 0 Å². The molecule has 2 heterocycles. The third-order valence-electron chi connectivity index (χ3n) is 4.99. The van der Waals surface area contributed by atoms with Crippen molar-refractivity contribution in [3.63, 3.8) is 0 Å². The monoisotopic (exact) mass is 327 g/mol. The van der Waals surface area contributed by atoms with E-state index in [1.165, 1.54) is 41.7 Å². The summed E-state index contributed by atoms with van der Waals surface area (Å²) in [6, 6.07) is 8.95. The van der Waals surface area contributed by atoms with Crippen LogP contribution in [0.2, 0.25) is 0 Å². The van der Waals surface area contributed by atoms with E-state index < -0.39 is 0 Å². The second-order valence-corrected chi connectivity index (χ2v) is 7.16. The highest BCUT2D eigenvalue weighted by Crippen LogP contribution is 2.45. The Morgan fingerprint density at radius 3 is 2.61 bits per heavy atom. The summed E-state index contributed by atoms with van der Waals surface area (Å²) in [5.74, 6) is 2.12. The number of ether oxygens (including phenoxy) is 2. The lowest BCUT2D eigenvalue weighted by molar-refractivity contribution is 0.349. The van der Waals surface area contributed by atoms with Gasteiger partial charge in [-0.2, -0.15) is 0 Å². The normalized spacial score (nSPS) is 22.8. The highest BCUT2D eigenvalue weighted by molar-refractivity contribution is 7.12. The number of aliphatic imine (C=N–C) groups is 1. The molecule has 0 amide bonds. The summed E-state index contributed by atoms with van der Waals surface area (Å²) in [4.78, 5) is 6.39. The van der Waals surface area contributed by atoms with Crippen LogP contribution in [0.25, 0.3) is 0 Å². The molecule has 0 radical (unpaired) electrons. The van der Waals surface area contributed by atoms with Crippen LogP contribution < -0.4 is 9.47 Å². The Morgan fingerprint density at radius 1 is 1.09 bits per heavy atom. The number of benzene rings is 1. The molecule has 1 aromatic heterocycles. The SMILES string of the molecule is COc1cc2c(cc1OC)[C@H]1CCCC[C@H]1N=C2c1cccs1. The van der Waals surface area contributed by atoms with Crippen LogP contribution in [0.3, 0.4) is 0 Å². The lowest BCUT2D eigenvalue weighted by Gasteiger charge is -2.35. The number of hydrogen-bond donors (Lipinski definition) is 0. The molecule has 120 valence electrons. The fraction of sp³-hybridized carbons (Fsp3) is 0.421. The molecule has 0 spiro atoms. The first-order valence-corrected chi connectivity index (χ1v) is 9.07.